The van der Waals surface area contributed by atoms with Crippen LogP contribution < -0.4 is 14.8 Å². The van der Waals surface area contributed by atoms with Gasteiger partial charge in [-0.15, -0.1) is 0 Å². The Morgan fingerprint density at radius 2 is 1.68 bits per heavy atom. The van der Waals surface area contributed by atoms with Crippen LogP contribution in [0.4, 0.5) is 5.69 Å². The highest BCUT2D eigenvalue weighted by Gasteiger charge is 2.06. The zero-order valence-corrected chi connectivity index (χ0v) is 11.6. The fraction of sp³-hybridized carbons (Fsp3) is 0.250. The Balaban J connectivity index is 2.21. The molecule has 0 bridgehead atoms. The van der Waals surface area contributed by atoms with E-state index in [9.17, 15) is 0 Å². The van der Waals surface area contributed by atoms with Crippen molar-refractivity contribution >= 4 is 5.69 Å². The van der Waals surface area contributed by atoms with Crippen molar-refractivity contribution in [2.24, 2.45) is 0 Å². The highest BCUT2D eigenvalue weighted by atomic mass is 16.5. The smallest absolute Gasteiger partial charge is 0.126 e. The summed E-state index contributed by atoms with van der Waals surface area (Å²) in [5.74, 6) is 1.67. The molecule has 0 aromatic heterocycles. The highest BCUT2D eigenvalue weighted by Crippen LogP contribution is 2.26. The topological polar surface area (TPSA) is 30.5 Å². The van der Waals surface area contributed by atoms with Crippen LogP contribution in [-0.4, -0.2) is 21.3 Å². The fourth-order valence-electron chi connectivity index (χ4n) is 2.01. The fourth-order valence-corrected chi connectivity index (χ4v) is 2.01. The van der Waals surface area contributed by atoms with Gasteiger partial charge < -0.3 is 14.8 Å². The summed E-state index contributed by atoms with van der Waals surface area (Å²) in [6.45, 7) is 0. The molecule has 0 aliphatic heterocycles. The van der Waals surface area contributed by atoms with Crippen LogP contribution in [0.25, 0.3) is 0 Å². The lowest BCUT2D eigenvalue weighted by Crippen LogP contribution is -1.95. The molecule has 3 heteroatoms. The summed E-state index contributed by atoms with van der Waals surface area (Å²) in [7, 11) is 5.26. The number of nitrogens with one attached hydrogen (secondary N) is 1. The van der Waals surface area contributed by atoms with Gasteiger partial charge in [0.15, 0.2) is 0 Å². The largest absolute Gasteiger partial charge is 0.497 e. The van der Waals surface area contributed by atoms with Gasteiger partial charge in [0.25, 0.3) is 0 Å². The molecule has 0 saturated carbocycles. The van der Waals surface area contributed by atoms with E-state index in [0.29, 0.717) is 0 Å². The zero-order valence-electron chi connectivity index (χ0n) is 11.6. The van der Waals surface area contributed by atoms with Crippen LogP contribution >= 0.6 is 0 Å². The van der Waals surface area contributed by atoms with Crippen molar-refractivity contribution in [1.29, 1.82) is 0 Å². The van der Waals surface area contributed by atoms with Crippen molar-refractivity contribution in [3.63, 3.8) is 0 Å². The number of anilines is 1. The molecule has 3 nitrogen and oxygen atoms in total. The molecule has 2 aromatic carbocycles. The first-order valence-corrected chi connectivity index (χ1v) is 6.24. The van der Waals surface area contributed by atoms with E-state index >= 15 is 0 Å². The molecule has 0 unspecified atom stereocenters. The van der Waals surface area contributed by atoms with Gasteiger partial charge in [-0.3, -0.25) is 0 Å². The SMILES string of the molecule is CNc1ccc(Cc2ccc(OC)cc2OC)cc1. The van der Waals surface area contributed by atoms with Crippen LogP contribution in [-0.2, 0) is 6.42 Å². The molecule has 2 rings (SSSR count). The van der Waals surface area contributed by atoms with Gasteiger partial charge in [-0.2, -0.15) is 0 Å². The molecular formula is C16H19NO2. The molecule has 1 N–H and O–H groups in total. The number of ether oxygens (including phenoxy) is 2. The Kier molecular flexibility index (Phi) is 4.29. The van der Waals surface area contributed by atoms with Crippen LogP contribution in [0.15, 0.2) is 42.5 Å². The summed E-state index contributed by atoms with van der Waals surface area (Å²) >= 11 is 0. The predicted octanol–water partition coefficient (Wildman–Crippen LogP) is 3.34. The summed E-state index contributed by atoms with van der Waals surface area (Å²) in [5, 5.41) is 3.11. The lowest BCUT2D eigenvalue weighted by molar-refractivity contribution is 0.391. The summed E-state index contributed by atoms with van der Waals surface area (Å²) in [4.78, 5) is 0. The van der Waals surface area contributed by atoms with Crippen molar-refractivity contribution in [2.45, 2.75) is 6.42 Å². The van der Waals surface area contributed by atoms with E-state index in [2.05, 4.69) is 29.6 Å². The minimum Gasteiger partial charge on any atom is -0.497 e. The summed E-state index contributed by atoms with van der Waals surface area (Å²) in [5.41, 5.74) is 3.52. The molecule has 0 saturated heterocycles. The Hall–Kier alpha value is -2.16. The van der Waals surface area contributed by atoms with Crippen molar-refractivity contribution < 1.29 is 9.47 Å². The monoisotopic (exact) mass is 257 g/mol. The Morgan fingerprint density at radius 1 is 0.947 bits per heavy atom. The highest BCUT2D eigenvalue weighted by molar-refractivity contribution is 5.47. The maximum absolute atomic E-state index is 5.41. The average Bonchev–Trinajstić information content (AvgIpc) is 2.48. The van der Waals surface area contributed by atoms with E-state index in [1.165, 1.54) is 5.56 Å². The quantitative estimate of drug-likeness (QED) is 0.891. The first-order valence-electron chi connectivity index (χ1n) is 6.24. The summed E-state index contributed by atoms with van der Waals surface area (Å²) in [6, 6.07) is 14.3. The molecule has 0 amide bonds. The summed E-state index contributed by atoms with van der Waals surface area (Å²) < 4.78 is 10.6. The molecular weight excluding hydrogens is 238 g/mol. The van der Waals surface area contributed by atoms with Crippen molar-refractivity contribution in [3.05, 3.63) is 53.6 Å². The van der Waals surface area contributed by atoms with E-state index in [0.717, 1.165) is 29.2 Å². The van der Waals surface area contributed by atoms with E-state index in [1.807, 2.05) is 25.2 Å². The third-order valence-corrected chi connectivity index (χ3v) is 3.13. The standard InChI is InChI=1S/C16H19NO2/c1-17-14-7-4-12(5-8-14)10-13-6-9-15(18-2)11-16(13)19-3/h4-9,11,17H,10H2,1-3H3. The van der Waals surface area contributed by atoms with Crippen LogP contribution in [0.1, 0.15) is 11.1 Å². The lowest BCUT2D eigenvalue weighted by atomic mass is 10.0. The molecule has 0 aliphatic carbocycles. The van der Waals surface area contributed by atoms with Gasteiger partial charge in [-0.1, -0.05) is 18.2 Å². The first-order chi connectivity index (χ1) is 9.26. The number of rotatable bonds is 5. The second-order valence-electron chi connectivity index (χ2n) is 4.30. The maximum atomic E-state index is 5.41. The molecule has 19 heavy (non-hydrogen) atoms. The van der Waals surface area contributed by atoms with Gasteiger partial charge in [0.05, 0.1) is 14.2 Å². The first kappa shape index (κ1) is 13.3. The molecule has 0 aliphatic rings. The van der Waals surface area contributed by atoms with Crippen molar-refractivity contribution in [3.8, 4) is 11.5 Å². The number of hydrogen-bond acceptors (Lipinski definition) is 3. The third kappa shape index (κ3) is 3.19. The van der Waals surface area contributed by atoms with Crippen LogP contribution in [0.3, 0.4) is 0 Å². The van der Waals surface area contributed by atoms with Crippen molar-refractivity contribution in [1.82, 2.24) is 0 Å². The second-order valence-corrected chi connectivity index (χ2v) is 4.30. The number of methoxy groups -OCH3 is 2. The zero-order chi connectivity index (χ0) is 13.7. The van der Waals surface area contributed by atoms with Crippen LogP contribution in [0, 0.1) is 0 Å². The third-order valence-electron chi connectivity index (χ3n) is 3.13. The molecule has 0 fully saturated rings. The maximum Gasteiger partial charge on any atom is 0.126 e. The Morgan fingerprint density at radius 3 is 2.26 bits per heavy atom. The van der Waals surface area contributed by atoms with E-state index < -0.39 is 0 Å². The molecule has 0 heterocycles. The van der Waals surface area contributed by atoms with E-state index in [4.69, 9.17) is 9.47 Å². The van der Waals surface area contributed by atoms with Crippen LogP contribution in [0.2, 0.25) is 0 Å². The molecule has 0 radical (unpaired) electrons. The average molecular weight is 257 g/mol. The summed E-state index contributed by atoms with van der Waals surface area (Å²) in [6.07, 6.45) is 0.844. The lowest BCUT2D eigenvalue weighted by Gasteiger charge is -2.11. The Bertz CT molecular complexity index is 535. The van der Waals surface area contributed by atoms with E-state index in [-0.39, 0.29) is 0 Å². The predicted molar refractivity (Wildman–Crippen MR) is 78.3 cm³/mol. The minimum absolute atomic E-state index is 0.811. The van der Waals surface area contributed by atoms with E-state index in [1.54, 1.807) is 14.2 Å². The van der Waals surface area contributed by atoms with Gasteiger partial charge in [-0.25, -0.2) is 0 Å². The van der Waals surface area contributed by atoms with Gasteiger partial charge in [0, 0.05) is 25.2 Å². The second kappa shape index (κ2) is 6.14. The molecule has 0 atom stereocenters. The normalized spacial score (nSPS) is 10.1. The number of benzene rings is 2. The minimum atomic E-state index is 0.811. The number of hydrogen-bond donors (Lipinski definition) is 1. The van der Waals surface area contributed by atoms with Crippen molar-refractivity contribution in [2.75, 3.05) is 26.6 Å². The van der Waals surface area contributed by atoms with Gasteiger partial charge in [0.2, 0.25) is 0 Å². The molecule has 2 aromatic rings. The molecule has 0 spiro atoms. The molecule has 100 valence electrons. The Labute approximate surface area is 114 Å². The van der Waals surface area contributed by atoms with Crippen LogP contribution in [0.5, 0.6) is 11.5 Å². The van der Waals surface area contributed by atoms with Gasteiger partial charge in [-0.05, 0) is 29.3 Å². The van der Waals surface area contributed by atoms with Gasteiger partial charge in [0.1, 0.15) is 11.5 Å². The van der Waals surface area contributed by atoms with Gasteiger partial charge >= 0.3 is 0 Å².